The number of benzene rings is 1. The number of thiazole rings is 1. The molecule has 0 spiro atoms. The van der Waals surface area contributed by atoms with Crippen molar-refractivity contribution in [2.45, 2.75) is 19.9 Å². The molecule has 1 aromatic heterocycles. The fourth-order valence-electron chi connectivity index (χ4n) is 1.50. The molecule has 2 rings (SSSR count). The van der Waals surface area contributed by atoms with Crippen LogP contribution in [-0.4, -0.2) is 16.9 Å². The molecule has 2 atom stereocenters. The van der Waals surface area contributed by atoms with Crippen molar-refractivity contribution in [2.75, 3.05) is 5.32 Å². The van der Waals surface area contributed by atoms with E-state index in [9.17, 15) is 4.79 Å². The lowest BCUT2D eigenvalue weighted by Gasteiger charge is -2.16. The number of nitrogens with two attached hydrogens (primary N) is 1. The van der Waals surface area contributed by atoms with Gasteiger partial charge in [-0.3, -0.25) is 4.79 Å². The summed E-state index contributed by atoms with van der Waals surface area (Å²) in [6.45, 7) is 3.59. The molecule has 6 heteroatoms. The van der Waals surface area contributed by atoms with Gasteiger partial charge in [0.25, 0.3) is 0 Å². The normalized spacial score (nSPS) is 14.4. The van der Waals surface area contributed by atoms with Crippen LogP contribution in [0.15, 0.2) is 17.6 Å². The van der Waals surface area contributed by atoms with Crippen LogP contribution in [0.1, 0.15) is 13.8 Å². The second-order valence-corrected chi connectivity index (χ2v) is 5.55. The second-order valence-electron chi connectivity index (χ2n) is 4.26. The number of carbonyl (C=O) groups excluding carboxylic acids is 1. The van der Waals surface area contributed by atoms with Gasteiger partial charge < -0.3 is 11.1 Å². The van der Waals surface area contributed by atoms with Crippen molar-refractivity contribution in [1.82, 2.24) is 4.98 Å². The van der Waals surface area contributed by atoms with E-state index in [0.29, 0.717) is 10.7 Å². The molecule has 2 unspecified atom stereocenters. The molecule has 2 aromatic rings. The van der Waals surface area contributed by atoms with Gasteiger partial charge in [0, 0.05) is 6.04 Å². The summed E-state index contributed by atoms with van der Waals surface area (Å²) in [5, 5.41) is 3.30. The second kappa shape index (κ2) is 5.22. The Kier molecular flexibility index (Phi) is 3.85. The highest BCUT2D eigenvalue weighted by molar-refractivity contribution is 7.16. The van der Waals surface area contributed by atoms with E-state index in [1.165, 1.54) is 11.3 Å². The summed E-state index contributed by atoms with van der Waals surface area (Å²) < 4.78 is 0.989. The van der Waals surface area contributed by atoms with Gasteiger partial charge >= 0.3 is 0 Å². The van der Waals surface area contributed by atoms with E-state index in [2.05, 4.69) is 10.3 Å². The third-order valence-corrected chi connectivity index (χ3v) is 4.01. The molecule has 0 aliphatic heterocycles. The number of fused-ring (bicyclic) bond motifs is 1. The van der Waals surface area contributed by atoms with E-state index >= 15 is 0 Å². The molecule has 0 aliphatic rings. The number of hydrogen-bond donors (Lipinski definition) is 2. The summed E-state index contributed by atoms with van der Waals surface area (Å²) in [6.07, 6.45) is 0. The standard InChI is InChI=1S/C12H14ClN3OS/c1-6(7(2)14)12(17)16-10-8(13)3-4-9-11(10)15-5-18-9/h3-7H,14H2,1-2H3,(H,16,17). The van der Waals surface area contributed by atoms with Crippen LogP contribution in [0, 0.1) is 5.92 Å². The molecule has 1 amide bonds. The van der Waals surface area contributed by atoms with Gasteiger partial charge in [-0.1, -0.05) is 18.5 Å². The van der Waals surface area contributed by atoms with E-state index in [-0.39, 0.29) is 17.9 Å². The van der Waals surface area contributed by atoms with Gasteiger partial charge in [0.05, 0.1) is 26.8 Å². The molecular formula is C12H14ClN3OS. The number of aromatic nitrogens is 1. The van der Waals surface area contributed by atoms with Crippen LogP contribution in [0.5, 0.6) is 0 Å². The average molecular weight is 284 g/mol. The van der Waals surface area contributed by atoms with E-state index in [1.54, 1.807) is 25.4 Å². The first-order valence-corrected chi connectivity index (χ1v) is 6.84. The average Bonchev–Trinajstić information content (AvgIpc) is 2.79. The zero-order chi connectivity index (χ0) is 13.3. The lowest BCUT2D eigenvalue weighted by molar-refractivity contribution is -0.119. The number of amides is 1. The Hall–Kier alpha value is -1.17. The predicted molar refractivity (Wildman–Crippen MR) is 76.1 cm³/mol. The molecule has 3 N–H and O–H groups in total. The third kappa shape index (κ3) is 2.48. The lowest BCUT2D eigenvalue weighted by Crippen LogP contribution is -2.34. The van der Waals surface area contributed by atoms with Gasteiger partial charge in [-0.15, -0.1) is 11.3 Å². The minimum Gasteiger partial charge on any atom is -0.327 e. The van der Waals surface area contributed by atoms with E-state index in [1.807, 2.05) is 6.07 Å². The van der Waals surface area contributed by atoms with Gasteiger partial charge in [0.1, 0.15) is 5.52 Å². The number of hydrogen-bond acceptors (Lipinski definition) is 4. The number of anilines is 1. The highest BCUT2D eigenvalue weighted by Gasteiger charge is 2.19. The Morgan fingerprint density at radius 2 is 2.22 bits per heavy atom. The zero-order valence-electron chi connectivity index (χ0n) is 10.1. The van der Waals surface area contributed by atoms with Gasteiger partial charge in [0.2, 0.25) is 5.91 Å². The molecule has 0 radical (unpaired) electrons. The Labute approximate surface area is 114 Å². The van der Waals surface area contributed by atoms with Gasteiger partial charge in [0.15, 0.2) is 0 Å². The van der Waals surface area contributed by atoms with Crippen LogP contribution in [0.25, 0.3) is 10.2 Å². The van der Waals surface area contributed by atoms with Crippen molar-refractivity contribution in [3.63, 3.8) is 0 Å². The molecule has 4 nitrogen and oxygen atoms in total. The van der Waals surface area contributed by atoms with Crippen LogP contribution >= 0.6 is 22.9 Å². The van der Waals surface area contributed by atoms with Crippen molar-refractivity contribution in [3.8, 4) is 0 Å². The van der Waals surface area contributed by atoms with Crippen molar-refractivity contribution in [1.29, 1.82) is 0 Å². The monoisotopic (exact) mass is 283 g/mol. The van der Waals surface area contributed by atoms with Crippen molar-refractivity contribution >= 4 is 44.7 Å². The Balaban J connectivity index is 2.34. The van der Waals surface area contributed by atoms with Gasteiger partial charge in [-0.05, 0) is 19.1 Å². The molecule has 96 valence electrons. The van der Waals surface area contributed by atoms with E-state index in [0.717, 1.165) is 10.2 Å². The number of carbonyl (C=O) groups is 1. The topological polar surface area (TPSA) is 68.0 Å². The van der Waals surface area contributed by atoms with Gasteiger partial charge in [-0.2, -0.15) is 0 Å². The summed E-state index contributed by atoms with van der Waals surface area (Å²) >= 11 is 7.61. The number of nitrogens with zero attached hydrogens (tertiary/aromatic N) is 1. The number of nitrogens with one attached hydrogen (secondary N) is 1. The molecule has 18 heavy (non-hydrogen) atoms. The highest BCUT2D eigenvalue weighted by atomic mass is 35.5. The molecule has 0 saturated carbocycles. The molecule has 0 bridgehead atoms. The minimum absolute atomic E-state index is 0.146. The maximum Gasteiger partial charge on any atom is 0.228 e. The van der Waals surface area contributed by atoms with Gasteiger partial charge in [-0.25, -0.2) is 4.98 Å². The molecule has 0 saturated heterocycles. The van der Waals surface area contributed by atoms with Crippen molar-refractivity contribution < 1.29 is 4.79 Å². The Morgan fingerprint density at radius 1 is 1.50 bits per heavy atom. The van der Waals surface area contributed by atoms with Crippen LogP contribution in [-0.2, 0) is 4.79 Å². The van der Waals surface area contributed by atoms with Crippen LogP contribution in [0.4, 0.5) is 5.69 Å². The summed E-state index contributed by atoms with van der Waals surface area (Å²) in [5.74, 6) is -0.428. The third-order valence-electron chi connectivity index (χ3n) is 2.90. The van der Waals surface area contributed by atoms with E-state index in [4.69, 9.17) is 17.3 Å². The zero-order valence-corrected chi connectivity index (χ0v) is 11.7. The Morgan fingerprint density at radius 3 is 2.89 bits per heavy atom. The molecule has 0 fully saturated rings. The molecule has 1 heterocycles. The minimum atomic E-state index is -0.282. The smallest absolute Gasteiger partial charge is 0.228 e. The first-order valence-electron chi connectivity index (χ1n) is 5.59. The maximum absolute atomic E-state index is 12.0. The molecule has 0 aliphatic carbocycles. The van der Waals surface area contributed by atoms with E-state index < -0.39 is 0 Å². The van der Waals surface area contributed by atoms with Crippen molar-refractivity contribution in [3.05, 3.63) is 22.7 Å². The fraction of sp³-hybridized carbons (Fsp3) is 0.333. The SMILES string of the molecule is CC(N)C(C)C(=O)Nc1c(Cl)ccc2scnc12. The number of halogens is 1. The summed E-state index contributed by atoms with van der Waals surface area (Å²) in [4.78, 5) is 16.2. The maximum atomic E-state index is 12.0. The summed E-state index contributed by atoms with van der Waals surface area (Å²) in [7, 11) is 0. The largest absolute Gasteiger partial charge is 0.327 e. The first kappa shape index (κ1) is 13.3. The molecule has 1 aromatic carbocycles. The van der Waals surface area contributed by atoms with Crippen LogP contribution in [0.2, 0.25) is 5.02 Å². The number of rotatable bonds is 3. The molecular weight excluding hydrogens is 270 g/mol. The lowest BCUT2D eigenvalue weighted by atomic mass is 10.0. The van der Waals surface area contributed by atoms with Crippen LogP contribution in [0.3, 0.4) is 0 Å². The van der Waals surface area contributed by atoms with Crippen LogP contribution < -0.4 is 11.1 Å². The highest BCUT2D eigenvalue weighted by Crippen LogP contribution is 2.32. The summed E-state index contributed by atoms with van der Waals surface area (Å²) in [5.41, 5.74) is 8.72. The summed E-state index contributed by atoms with van der Waals surface area (Å²) in [6, 6.07) is 3.44. The fourth-order valence-corrected chi connectivity index (χ4v) is 2.39. The Bertz CT molecular complexity index is 582. The van der Waals surface area contributed by atoms with Crippen molar-refractivity contribution in [2.24, 2.45) is 11.7 Å². The quantitative estimate of drug-likeness (QED) is 0.910. The first-order chi connectivity index (χ1) is 8.50. The predicted octanol–water partition coefficient (Wildman–Crippen LogP) is 2.87.